The smallest absolute Gasteiger partial charge is 0.249 e. The lowest BCUT2D eigenvalue weighted by atomic mass is 10.0. The van der Waals surface area contributed by atoms with E-state index in [1.165, 1.54) is 4.68 Å². The first-order valence-electron chi connectivity index (χ1n) is 6.33. The van der Waals surface area contributed by atoms with Crippen LogP contribution in [0.25, 0.3) is 0 Å². The molecule has 0 bridgehead atoms. The lowest BCUT2D eigenvalue weighted by Crippen LogP contribution is -2.29. The molecule has 2 rings (SSSR count). The maximum atomic E-state index is 12.3. The number of nitrogens with zero attached hydrogens (tertiary/aromatic N) is 3. The van der Waals surface area contributed by atoms with Gasteiger partial charge in [0.2, 0.25) is 11.7 Å². The Bertz CT molecular complexity index is 713. The van der Waals surface area contributed by atoms with E-state index in [9.17, 15) is 9.59 Å². The van der Waals surface area contributed by atoms with E-state index in [0.717, 1.165) is 0 Å². The Balaban J connectivity index is 2.20. The van der Waals surface area contributed by atoms with Crippen LogP contribution < -0.4 is 5.32 Å². The van der Waals surface area contributed by atoms with Crippen LogP contribution >= 0.6 is 0 Å². The second kappa shape index (κ2) is 6.01. The lowest BCUT2D eigenvalue weighted by molar-refractivity contribution is -0.117. The van der Waals surface area contributed by atoms with Gasteiger partial charge in [-0.3, -0.25) is 14.3 Å². The number of carbonyl (C=O) groups excluding carboxylic acids is 2. The van der Waals surface area contributed by atoms with Crippen molar-refractivity contribution in [1.29, 1.82) is 5.26 Å². The predicted molar refractivity (Wildman–Crippen MR) is 76.5 cm³/mol. The summed E-state index contributed by atoms with van der Waals surface area (Å²) in [6, 6.07) is 12.0. The molecular formula is C15H14N4O2. The van der Waals surface area contributed by atoms with Gasteiger partial charge in [-0.1, -0.05) is 18.2 Å². The van der Waals surface area contributed by atoms with E-state index in [-0.39, 0.29) is 5.69 Å². The number of nitriles is 1. The van der Waals surface area contributed by atoms with Gasteiger partial charge in [-0.05, 0) is 25.1 Å². The molecule has 1 heterocycles. The summed E-state index contributed by atoms with van der Waals surface area (Å²) in [6.45, 7) is 1.74. The number of hydrogen-bond acceptors (Lipinski definition) is 4. The molecule has 0 spiro atoms. The Morgan fingerprint density at radius 1 is 1.33 bits per heavy atom. The quantitative estimate of drug-likeness (QED) is 0.682. The van der Waals surface area contributed by atoms with E-state index in [4.69, 9.17) is 5.26 Å². The molecule has 1 amide bonds. The number of nitrogens with one attached hydrogen (secondary N) is 1. The molecule has 106 valence electrons. The van der Waals surface area contributed by atoms with Crippen LogP contribution in [0.15, 0.2) is 36.4 Å². The van der Waals surface area contributed by atoms with Gasteiger partial charge in [-0.15, -0.1) is 0 Å². The van der Waals surface area contributed by atoms with Gasteiger partial charge in [0.1, 0.15) is 5.69 Å². The van der Waals surface area contributed by atoms with Crippen molar-refractivity contribution >= 4 is 17.4 Å². The van der Waals surface area contributed by atoms with E-state index in [2.05, 4.69) is 10.4 Å². The summed E-state index contributed by atoms with van der Waals surface area (Å²) < 4.78 is 1.37. The second-order valence-electron chi connectivity index (χ2n) is 4.58. The summed E-state index contributed by atoms with van der Waals surface area (Å²) in [5, 5.41) is 15.7. The number of para-hydroxylation sites is 1. The van der Waals surface area contributed by atoms with Gasteiger partial charge in [0.25, 0.3) is 0 Å². The molecule has 0 radical (unpaired) electrons. The molecule has 1 N–H and O–H groups in total. The molecule has 0 fully saturated rings. The third-order valence-corrected chi connectivity index (χ3v) is 2.95. The van der Waals surface area contributed by atoms with Crippen LogP contribution in [0.5, 0.6) is 0 Å². The second-order valence-corrected chi connectivity index (χ2v) is 4.58. The Morgan fingerprint density at radius 3 is 2.52 bits per heavy atom. The normalized spacial score (nSPS) is 11.5. The Hall–Kier alpha value is -2.94. The van der Waals surface area contributed by atoms with Gasteiger partial charge in [-0.2, -0.15) is 10.4 Å². The molecule has 0 saturated carbocycles. The molecule has 1 aromatic carbocycles. The minimum atomic E-state index is -1.40. The topological polar surface area (TPSA) is 87.8 Å². The fraction of sp³-hybridized carbons (Fsp3) is 0.200. The highest BCUT2D eigenvalue weighted by molar-refractivity contribution is 6.15. The van der Waals surface area contributed by atoms with Gasteiger partial charge in [-0.25, -0.2) is 0 Å². The van der Waals surface area contributed by atoms with Crippen molar-refractivity contribution in [2.75, 3.05) is 5.32 Å². The number of carbonyl (C=O) groups is 2. The fourth-order valence-corrected chi connectivity index (χ4v) is 1.96. The molecule has 1 unspecified atom stereocenters. The van der Waals surface area contributed by atoms with Crippen LogP contribution in [-0.2, 0) is 11.8 Å². The highest BCUT2D eigenvalue weighted by atomic mass is 16.2. The number of ketones is 1. The zero-order valence-electron chi connectivity index (χ0n) is 11.7. The van der Waals surface area contributed by atoms with Crippen molar-refractivity contribution in [3.05, 3.63) is 47.8 Å². The van der Waals surface area contributed by atoms with Crippen molar-refractivity contribution in [3.8, 4) is 6.07 Å². The SMILES string of the molecule is Cc1cc(C(=O)C(C#N)C(=O)Nc2ccccc2)n(C)n1. The molecule has 2 aromatic rings. The summed E-state index contributed by atoms with van der Waals surface area (Å²) in [5.41, 5.74) is 1.43. The maximum absolute atomic E-state index is 12.3. The van der Waals surface area contributed by atoms with Gasteiger partial charge in [0.15, 0.2) is 5.92 Å². The Morgan fingerprint density at radius 2 is 2.00 bits per heavy atom. The van der Waals surface area contributed by atoms with E-state index in [1.54, 1.807) is 56.4 Å². The van der Waals surface area contributed by atoms with Gasteiger partial charge >= 0.3 is 0 Å². The van der Waals surface area contributed by atoms with Gasteiger partial charge in [0, 0.05) is 12.7 Å². The van der Waals surface area contributed by atoms with Crippen molar-refractivity contribution < 1.29 is 9.59 Å². The molecule has 21 heavy (non-hydrogen) atoms. The highest BCUT2D eigenvalue weighted by Crippen LogP contribution is 2.13. The molecule has 0 aliphatic rings. The monoisotopic (exact) mass is 282 g/mol. The van der Waals surface area contributed by atoms with Crippen LogP contribution in [0.1, 0.15) is 16.2 Å². The van der Waals surface area contributed by atoms with Crippen LogP contribution in [0.3, 0.4) is 0 Å². The van der Waals surface area contributed by atoms with Crippen molar-refractivity contribution in [2.45, 2.75) is 6.92 Å². The standard InChI is InChI=1S/C15H14N4O2/c1-10-8-13(19(2)18-10)14(20)12(9-16)15(21)17-11-6-4-3-5-7-11/h3-8,12H,1-2H3,(H,17,21). The number of aromatic nitrogens is 2. The zero-order chi connectivity index (χ0) is 15.4. The van der Waals surface area contributed by atoms with Crippen LogP contribution in [-0.4, -0.2) is 21.5 Å². The van der Waals surface area contributed by atoms with Crippen molar-refractivity contribution in [2.24, 2.45) is 13.0 Å². The first-order chi connectivity index (χ1) is 10.0. The maximum Gasteiger partial charge on any atom is 0.249 e. The van der Waals surface area contributed by atoms with E-state index in [0.29, 0.717) is 11.4 Å². The molecule has 6 nitrogen and oxygen atoms in total. The number of hydrogen-bond donors (Lipinski definition) is 1. The molecule has 0 saturated heterocycles. The summed E-state index contributed by atoms with van der Waals surface area (Å²) in [4.78, 5) is 24.4. The fourth-order valence-electron chi connectivity index (χ4n) is 1.96. The summed E-state index contributed by atoms with van der Waals surface area (Å²) in [5.74, 6) is -2.61. The highest BCUT2D eigenvalue weighted by Gasteiger charge is 2.29. The van der Waals surface area contributed by atoms with E-state index < -0.39 is 17.6 Å². The number of amides is 1. The lowest BCUT2D eigenvalue weighted by Gasteiger charge is -2.09. The van der Waals surface area contributed by atoms with Gasteiger partial charge in [0.05, 0.1) is 11.8 Å². The third-order valence-electron chi connectivity index (χ3n) is 2.95. The first kappa shape index (κ1) is 14.5. The number of anilines is 1. The summed E-state index contributed by atoms with van der Waals surface area (Å²) >= 11 is 0. The average molecular weight is 282 g/mol. The largest absolute Gasteiger partial charge is 0.325 e. The van der Waals surface area contributed by atoms with Crippen molar-refractivity contribution in [1.82, 2.24) is 9.78 Å². The number of Topliss-reactive ketones (excluding diaryl/α,β-unsaturated/α-hetero) is 1. The predicted octanol–water partition coefficient (Wildman–Crippen LogP) is 1.69. The first-order valence-corrected chi connectivity index (χ1v) is 6.33. The summed E-state index contributed by atoms with van der Waals surface area (Å²) in [7, 11) is 1.60. The molecule has 1 atom stereocenters. The Kier molecular flexibility index (Phi) is 4.14. The minimum Gasteiger partial charge on any atom is -0.325 e. The van der Waals surface area contributed by atoms with Crippen LogP contribution in [0, 0.1) is 24.2 Å². The molecule has 6 heteroatoms. The molecule has 1 aromatic heterocycles. The van der Waals surface area contributed by atoms with Crippen molar-refractivity contribution in [3.63, 3.8) is 0 Å². The average Bonchev–Trinajstić information content (AvgIpc) is 2.79. The number of aryl methyl sites for hydroxylation is 2. The number of benzene rings is 1. The number of rotatable bonds is 4. The molecule has 0 aliphatic carbocycles. The minimum absolute atomic E-state index is 0.238. The van der Waals surface area contributed by atoms with Crippen LogP contribution in [0.4, 0.5) is 5.69 Å². The molecule has 0 aliphatic heterocycles. The molecular weight excluding hydrogens is 268 g/mol. The third kappa shape index (κ3) is 3.15. The van der Waals surface area contributed by atoms with E-state index in [1.807, 2.05) is 0 Å². The zero-order valence-corrected chi connectivity index (χ0v) is 11.7. The Labute approximate surface area is 122 Å². The van der Waals surface area contributed by atoms with Gasteiger partial charge < -0.3 is 5.32 Å². The summed E-state index contributed by atoms with van der Waals surface area (Å²) in [6.07, 6.45) is 0. The van der Waals surface area contributed by atoms with E-state index >= 15 is 0 Å². The van der Waals surface area contributed by atoms with Crippen LogP contribution in [0.2, 0.25) is 0 Å².